The lowest BCUT2D eigenvalue weighted by Crippen LogP contribution is -2.09. The summed E-state index contributed by atoms with van der Waals surface area (Å²) in [5.74, 6) is 0. The fraction of sp³-hybridized carbons (Fsp3) is 0.167. The number of anilines is 2. The van der Waals surface area contributed by atoms with Crippen LogP contribution in [0.2, 0.25) is 0 Å². The fourth-order valence-electron chi connectivity index (χ4n) is 2.61. The second-order valence-corrected chi connectivity index (χ2v) is 7.82. The molecule has 3 rings (SSSR count). The van der Waals surface area contributed by atoms with Crippen molar-refractivity contribution in [2.75, 3.05) is 23.3 Å². The molecule has 0 fully saturated rings. The molecule has 1 heterocycles. The second-order valence-electron chi connectivity index (χ2n) is 6.07. The van der Waals surface area contributed by atoms with Gasteiger partial charge < -0.3 is 5.32 Å². The Hall–Kier alpha value is -3.01. The Balaban J connectivity index is 2.07. The molecule has 0 aliphatic carbocycles. The normalized spacial score (nSPS) is 12.0. The third-order valence-electron chi connectivity index (χ3n) is 3.88. The summed E-state index contributed by atoms with van der Waals surface area (Å²) in [6.45, 7) is 0. The molecule has 2 aromatic carbocycles. The monoisotopic (exact) mass is 410 g/mol. The zero-order valence-electron chi connectivity index (χ0n) is 14.9. The van der Waals surface area contributed by atoms with E-state index in [0.29, 0.717) is 16.9 Å². The minimum atomic E-state index is -4.59. The highest BCUT2D eigenvalue weighted by Crippen LogP contribution is 2.33. The van der Waals surface area contributed by atoms with Gasteiger partial charge in [0, 0.05) is 24.0 Å². The smallest absolute Gasteiger partial charge is 0.388 e. The number of nitrogens with zero attached hydrogens (tertiary/aromatic N) is 2. The van der Waals surface area contributed by atoms with Gasteiger partial charge in [0.1, 0.15) is 0 Å². The van der Waals surface area contributed by atoms with E-state index in [4.69, 9.17) is 0 Å². The summed E-state index contributed by atoms with van der Waals surface area (Å²) >= 11 is 0. The van der Waals surface area contributed by atoms with Crippen molar-refractivity contribution in [1.29, 1.82) is 0 Å². The summed E-state index contributed by atoms with van der Waals surface area (Å²) in [5, 5.41) is 6.67. The van der Waals surface area contributed by atoms with Crippen LogP contribution in [0, 0.1) is 0 Å². The van der Waals surface area contributed by atoms with E-state index in [-0.39, 0.29) is 5.69 Å². The summed E-state index contributed by atoms with van der Waals surface area (Å²) in [6.07, 6.45) is -3.58. The predicted molar refractivity (Wildman–Crippen MR) is 102 cm³/mol. The van der Waals surface area contributed by atoms with Gasteiger partial charge in [-0.05, 0) is 42.5 Å². The molecule has 0 atom stereocenters. The maximum atomic E-state index is 13.2. The minimum Gasteiger partial charge on any atom is -0.388 e. The third-order valence-corrected chi connectivity index (χ3v) is 4.49. The van der Waals surface area contributed by atoms with Gasteiger partial charge in [-0.25, -0.2) is 13.1 Å². The van der Waals surface area contributed by atoms with Crippen molar-refractivity contribution in [2.45, 2.75) is 6.18 Å². The lowest BCUT2D eigenvalue weighted by Gasteiger charge is -2.10. The number of rotatable bonds is 5. The van der Waals surface area contributed by atoms with Gasteiger partial charge in [0.25, 0.3) is 0 Å². The van der Waals surface area contributed by atoms with Crippen LogP contribution >= 0.6 is 0 Å². The van der Waals surface area contributed by atoms with Gasteiger partial charge in [-0.2, -0.15) is 18.3 Å². The van der Waals surface area contributed by atoms with E-state index in [1.807, 2.05) is 0 Å². The lowest BCUT2D eigenvalue weighted by atomic mass is 10.1. The first-order valence-corrected chi connectivity index (χ1v) is 9.99. The Morgan fingerprint density at radius 2 is 1.54 bits per heavy atom. The Labute approximate surface area is 160 Å². The number of alkyl halides is 3. The van der Waals surface area contributed by atoms with Crippen LogP contribution in [0.4, 0.5) is 24.5 Å². The largest absolute Gasteiger partial charge is 0.435 e. The molecule has 1 aromatic heterocycles. The zero-order valence-corrected chi connectivity index (χ0v) is 15.8. The number of benzene rings is 2. The molecule has 0 amide bonds. The highest BCUT2D eigenvalue weighted by atomic mass is 32.2. The molecule has 0 bridgehead atoms. The molecule has 0 saturated carbocycles. The molecule has 148 valence electrons. The molecule has 10 heteroatoms. The molecule has 0 spiro atoms. The van der Waals surface area contributed by atoms with Crippen molar-refractivity contribution in [3.05, 3.63) is 60.3 Å². The number of hydrogen-bond acceptors (Lipinski definition) is 4. The van der Waals surface area contributed by atoms with E-state index in [2.05, 4.69) is 15.1 Å². The number of aromatic nitrogens is 2. The Kier molecular flexibility index (Phi) is 5.07. The molecule has 6 nitrogen and oxygen atoms in total. The van der Waals surface area contributed by atoms with Crippen molar-refractivity contribution < 1.29 is 21.6 Å². The molecular weight excluding hydrogens is 393 g/mol. The maximum absolute atomic E-state index is 13.2. The van der Waals surface area contributed by atoms with Gasteiger partial charge >= 0.3 is 6.18 Å². The van der Waals surface area contributed by atoms with Gasteiger partial charge in [0.2, 0.25) is 10.0 Å². The topological polar surface area (TPSA) is 76.0 Å². The second kappa shape index (κ2) is 7.19. The Morgan fingerprint density at radius 3 is 2.04 bits per heavy atom. The van der Waals surface area contributed by atoms with Crippen molar-refractivity contribution in [3.8, 4) is 16.9 Å². The van der Waals surface area contributed by atoms with Crippen LogP contribution in [-0.4, -0.2) is 31.5 Å². The van der Waals surface area contributed by atoms with Crippen molar-refractivity contribution in [1.82, 2.24) is 9.78 Å². The number of nitrogens with one attached hydrogen (secondary N) is 2. The molecule has 28 heavy (non-hydrogen) atoms. The van der Waals surface area contributed by atoms with Crippen LogP contribution in [0.25, 0.3) is 16.9 Å². The van der Waals surface area contributed by atoms with E-state index < -0.39 is 21.9 Å². The van der Waals surface area contributed by atoms with Crippen molar-refractivity contribution >= 4 is 21.4 Å². The van der Waals surface area contributed by atoms with Crippen molar-refractivity contribution in [2.24, 2.45) is 0 Å². The van der Waals surface area contributed by atoms with Crippen LogP contribution in [0.3, 0.4) is 0 Å². The molecule has 0 unspecified atom stereocenters. The molecule has 2 N–H and O–H groups in total. The van der Waals surface area contributed by atoms with Gasteiger partial charge in [-0.1, -0.05) is 12.1 Å². The molecule has 0 radical (unpaired) electrons. The van der Waals surface area contributed by atoms with Gasteiger partial charge in [0.05, 0.1) is 17.6 Å². The Bertz CT molecular complexity index is 1070. The summed E-state index contributed by atoms with van der Waals surface area (Å²) in [6, 6.07) is 13.7. The predicted octanol–water partition coefficient (Wildman–Crippen LogP) is 3.97. The number of hydrogen-bond donors (Lipinski definition) is 2. The van der Waals surface area contributed by atoms with E-state index in [1.54, 1.807) is 31.3 Å². The maximum Gasteiger partial charge on any atom is 0.435 e. The first-order chi connectivity index (χ1) is 13.1. The first kappa shape index (κ1) is 19.7. The Morgan fingerprint density at radius 1 is 0.964 bits per heavy atom. The summed E-state index contributed by atoms with van der Waals surface area (Å²) in [5.41, 5.74) is 1.26. The highest BCUT2D eigenvalue weighted by Gasteiger charge is 2.35. The number of halogens is 3. The van der Waals surface area contributed by atoms with Gasteiger partial charge in [0.15, 0.2) is 5.69 Å². The summed E-state index contributed by atoms with van der Waals surface area (Å²) < 4.78 is 65.8. The van der Waals surface area contributed by atoms with E-state index >= 15 is 0 Å². The van der Waals surface area contributed by atoms with E-state index in [1.165, 1.54) is 28.9 Å². The van der Waals surface area contributed by atoms with Crippen LogP contribution in [0.1, 0.15) is 5.69 Å². The molecule has 0 aliphatic heterocycles. The highest BCUT2D eigenvalue weighted by molar-refractivity contribution is 7.92. The van der Waals surface area contributed by atoms with Crippen LogP contribution in [-0.2, 0) is 16.2 Å². The number of sulfonamides is 1. The zero-order chi connectivity index (χ0) is 20.5. The molecular formula is C18H17F3N4O2S. The van der Waals surface area contributed by atoms with Crippen LogP contribution in [0.15, 0.2) is 54.6 Å². The standard InChI is InChI=1S/C18H17F3N4O2S/c1-22-13-7-9-15(10-8-13)25-16(11-17(23-25)18(19,20)21)12-3-5-14(6-4-12)24-28(2,26)27/h3-11,22,24H,1-2H3. The molecule has 3 aromatic rings. The quantitative estimate of drug-likeness (QED) is 0.667. The average Bonchev–Trinajstić information content (AvgIpc) is 3.07. The molecule has 0 aliphatic rings. The lowest BCUT2D eigenvalue weighted by molar-refractivity contribution is -0.141. The third kappa shape index (κ3) is 4.45. The van der Waals surface area contributed by atoms with Crippen LogP contribution in [0.5, 0.6) is 0 Å². The SMILES string of the molecule is CNc1ccc(-n2nc(C(F)(F)F)cc2-c2ccc(NS(C)(=O)=O)cc2)cc1. The summed E-state index contributed by atoms with van der Waals surface area (Å²) in [4.78, 5) is 0. The van der Waals surface area contributed by atoms with E-state index in [9.17, 15) is 21.6 Å². The van der Waals surface area contributed by atoms with Gasteiger partial charge in [-0.15, -0.1) is 0 Å². The average molecular weight is 410 g/mol. The minimum absolute atomic E-state index is 0.232. The van der Waals surface area contributed by atoms with Crippen molar-refractivity contribution in [3.63, 3.8) is 0 Å². The first-order valence-electron chi connectivity index (χ1n) is 8.10. The van der Waals surface area contributed by atoms with Gasteiger partial charge in [-0.3, -0.25) is 4.72 Å². The van der Waals surface area contributed by atoms with Crippen LogP contribution < -0.4 is 10.0 Å². The molecule has 0 saturated heterocycles. The van der Waals surface area contributed by atoms with E-state index in [0.717, 1.165) is 18.0 Å². The fourth-order valence-corrected chi connectivity index (χ4v) is 3.18. The summed E-state index contributed by atoms with van der Waals surface area (Å²) in [7, 11) is -1.71.